The highest BCUT2D eigenvalue weighted by molar-refractivity contribution is 5.79. The second-order valence-electron chi connectivity index (χ2n) is 6.09. The standard InChI is InChI=1S/C17H27N3O/c1-19(2)11-12-20(14-15-7-4-3-5-8-15)17(21)16-9-6-10-18-13-16/h3-5,7-8,16,18H,6,9-14H2,1-2H3/t16-/m0/s1. The first-order chi connectivity index (χ1) is 10.2. The third-order valence-corrected chi connectivity index (χ3v) is 3.99. The highest BCUT2D eigenvalue weighted by Gasteiger charge is 2.25. The Balaban J connectivity index is 2.01. The van der Waals surface area contributed by atoms with E-state index in [9.17, 15) is 4.79 Å². The summed E-state index contributed by atoms with van der Waals surface area (Å²) in [6.45, 7) is 4.27. The molecule has 0 saturated carbocycles. The molecule has 1 aromatic rings. The minimum atomic E-state index is 0.143. The summed E-state index contributed by atoms with van der Waals surface area (Å²) >= 11 is 0. The lowest BCUT2D eigenvalue weighted by Gasteiger charge is -2.30. The molecule has 1 aliphatic heterocycles. The van der Waals surface area contributed by atoms with Crippen molar-refractivity contribution in [3.05, 3.63) is 35.9 Å². The maximum atomic E-state index is 12.8. The minimum absolute atomic E-state index is 0.143. The molecule has 21 heavy (non-hydrogen) atoms. The fourth-order valence-corrected chi connectivity index (χ4v) is 2.71. The third kappa shape index (κ3) is 5.14. The van der Waals surface area contributed by atoms with Gasteiger partial charge in [-0.3, -0.25) is 4.79 Å². The van der Waals surface area contributed by atoms with Gasteiger partial charge in [-0.25, -0.2) is 0 Å². The lowest BCUT2D eigenvalue weighted by molar-refractivity contribution is -0.136. The van der Waals surface area contributed by atoms with Gasteiger partial charge < -0.3 is 15.1 Å². The Labute approximate surface area is 128 Å². The average molecular weight is 289 g/mol. The van der Waals surface area contributed by atoms with Crippen molar-refractivity contribution in [2.75, 3.05) is 40.3 Å². The molecule has 0 spiro atoms. The van der Waals surface area contributed by atoms with E-state index in [1.165, 1.54) is 5.56 Å². The zero-order valence-corrected chi connectivity index (χ0v) is 13.2. The van der Waals surface area contributed by atoms with Gasteiger partial charge in [-0.2, -0.15) is 0 Å². The van der Waals surface area contributed by atoms with Crippen LogP contribution in [0.25, 0.3) is 0 Å². The number of nitrogens with one attached hydrogen (secondary N) is 1. The highest BCUT2D eigenvalue weighted by atomic mass is 16.2. The second-order valence-corrected chi connectivity index (χ2v) is 6.09. The minimum Gasteiger partial charge on any atom is -0.337 e. The summed E-state index contributed by atoms with van der Waals surface area (Å²) in [4.78, 5) is 16.9. The van der Waals surface area contributed by atoms with Crippen molar-refractivity contribution >= 4 is 5.91 Å². The van der Waals surface area contributed by atoms with Crippen LogP contribution in [-0.4, -0.2) is 56.0 Å². The summed E-state index contributed by atoms with van der Waals surface area (Å²) in [7, 11) is 4.10. The zero-order chi connectivity index (χ0) is 15.1. The number of nitrogens with zero attached hydrogens (tertiary/aromatic N) is 2. The van der Waals surface area contributed by atoms with Gasteiger partial charge in [-0.15, -0.1) is 0 Å². The van der Waals surface area contributed by atoms with Crippen LogP contribution in [0.5, 0.6) is 0 Å². The number of carbonyl (C=O) groups excluding carboxylic acids is 1. The van der Waals surface area contributed by atoms with E-state index < -0.39 is 0 Å². The van der Waals surface area contributed by atoms with E-state index in [-0.39, 0.29) is 5.92 Å². The molecule has 1 amide bonds. The predicted octanol–water partition coefficient (Wildman–Crippen LogP) is 1.58. The number of hydrogen-bond donors (Lipinski definition) is 1. The second kappa shape index (κ2) is 8.15. The van der Waals surface area contributed by atoms with Crippen molar-refractivity contribution in [1.82, 2.24) is 15.1 Å². The summed E-state index contributed by atoms with van der Waals surface area (Å²) < 4.78 is 0. The van der Waals surface area contributed by atoms with Gasteiger partial charge in [0.15, 0.2) is 0 Å². The Bertz CT molecular complexity index is 427. The summed E-state index contributed by atoms with van der Waals surface area (Å²) in [6.07, 6.45) is 2.11. The molecule has 0 bridgehead atoms. The van der Waals surface area contributed by atoms with Gasteiger partial charge in [-0.1, -0.05) is 30.3 Å². The van der Waals surface area contributed by atoms with Gasteiger partial charge in [0.25, 0.3) is 0 Å². The Kier molecular flexibility index (Phi) is 6.21. The van der Waals surface area contributed by atoms with Gasteiger partial charge in [0.05, 0.1) is 5.92 Å². The average Bonchev–Trinajstić information content (AvgIpc) is 2.52. The van der Waals surface area contributed by atoms with E-state index in [4.69, 9.17) is 0 Å². The van der Waals surface area contributed by atoms with Crippen LogP contribution in [0.15, 0.2) is 30.3 Å². The van der Waals surface area contributed by atoms with E-state index >= 15 is 0 Å². The van der Waals surface area contributed by atoms with E-state index in [0.717, 1.165) is 39.0 Å². The van der Waals surface area contributed by atoms with Gasteiger partial charge in [0.1, 0.15) is 0 Å². The molecule has 1 heterocycles. The monoisotopic (exact) mass is 289 g/mol. The highest BCUT2D eigenvalue weighted by Crippen LogP contribution is 2.15. The van der Waals surface area contributed by atoms with Crippen molar-refractivity contribution in [3.63, 3.8) is 0 Å². The van der Waals surface area contributed by atoms with Crippen molar-refractivity contribution in [3.8, 4) is 0 Å². The molecule has 116 valence electrons. The molecule has 0 radical (unpaired) electrons. The van der Waals surface area contributed by atoms with Crippen LogP contribution in [0, 0.1) is 5.92 Å². The first-order valence-electron chi connectivity index (χ1n) is 7.85. The number of piperidine rings is 1. The fraction of sp³-hybridized carbons (Fsp3) is 0.588. The maximum absolute atomic E-state index is 12.8. The Hall–Kier alpha value is -1.39. The van der Waals surface area contributed by atoms with E-state index in [1.54, 1.807) is 0 Å². The fourth-order valence-electron chi connectivity index (χ4n) is 2.71. The number of benzene rings is 1. The quantitative estimate of drug-likeness (QED) is 0.863. The van der Waals surface area contributed by atoms with Crippen LogP contribution in [0.1, 0.15) is 18.4 Å². The van der Waals surface area contributed by atoms with E-state index in [0.29, 0.717) is 12.5 Å². The van der Waals surface area contributed by atoms with Crippen molar-refractivity contribution < 1.29 is 4.79 Å². The molecule has 4 heteroatoms. The van der Waals surface area contributed by atoms with Gasteiger partial charge in [-0.05, 0) is 39.0 Å². The third-order valence-electron chi connectivity index (χ3n) is 3.99. The molecule has 1 aliphatic rings. The number of rotatable bonds is 6. The molecule has 1 saturated heterocycles. The molecule has 0 aliphatic carbocycles. The summed E-state index contributed by atoms with van der Waals surface area (Å²) in [5.41, 5.74) is 1.20. The van der Waals surface area contributed by atoms with E-state index in [1.807, 2.05) is 37.2 Å². The number of carbonyl (C=O) groups is 1. The zero-order valence-electron chi connectivity index (χ0n) is 13.2. The van der Waals surface area contributed by atoms with Crippen molar-refractivity contribution in [2.24, 2.45) is 5.92 Å². The normalized spacial score (nSPS) is 18.7. The molecule has 2 rings (SSSR count). The summed E-state index contributed by atoms with van der Waals surface area (Å²) in [5.74, 6) is 0.442. The molecule has 1 fully saturated rings. The Morgan fingerprint density at radius 3 is 2.62 bits per heavy atom. The number of likely N-dealkylation sites (N-methyl/N-ethyl adjacent to an activating group) is 1. The van der Waals surface area contributed by atoms with Crippen LogP contribution in [0.2, 0.25) is 0 Å². The topological polar surface area (TPSA) is 35.6 Å². The van der Waals surface area contributed by atoms with Crippen LogP contribution < -0.4 is 5.32 Å². The molecule has 4 nitrogen and oxygen atoms in total. The van der Waals surface area contributed by atoms with Gasteiger partial charge in [0.2, 0.25) is 5.91 Å². The Morgan fingerprint density at radius 1 is 1.24 bits per heavy atom. The lowest BCUT2D eigenvalue weighted by atomic mass is 9.98. The van der Waals surface area contributed by atoms with Gasteiger partial charge in [0, 0.05) is 26.2 Å². The van der Waals surface area contributed by atoms with E-state index in [2.05, 4.69) is 22.3 Å². The molecule has 1 aromatic carbocycles. The number of amides is 1. The first kappa shape index (κ1) is 16.0. The molecule has 1 atom stereocenters. The first-order valence-corrected chi connectivity index (χ1v) is 7.85. The van der Waals surface area contributed by atoms with Crippen LogP contribution in [-0.2, 0) is 11.3 Å². The smallest absolute Gasteiger partial charge is 0.227 e. The summed E-state index contributed by atoms with van der Waals surface area (Å²) in [5, 5.41) is 3.34. The molecular formula is C17H27N3O. The number of hydrogen-bond acceptors (Lipinski definition) is 3. The molecular weight excluding hydrogens is 262 g/mol. The van der Waals surface area contributed by atoms with Crippen LogP contribution in [0.4, 0.5) is 0 Å². The Morgan fingerprint density at radius 2 is 2.00 bits per heavy atom. The SMILES string of the molecule is CN(C)CCN(Cc1ccccc1)C(=O)[C@H]1CCCNC1. The molecule has 0 aromatic heterocycles. The maximum Gasteiger partial charge on any atom is 0.227 e. The predicted molar refractivity (Wildman–Crippen MR) is 86.0 cm³/mol. The van der Waals surface area contributed by atoms with Crippen LogP contribution >= 0.6 is 0 Å². The summed E-state index contributed by atoms with van der Waals surface area (Å²) in [6, 6.07) is 10.3. The van der Waals surface area contributed by atoms with Crippen molar-refractivity contribution in [2.45, 2.75) is 19.4 Å². The lowest BCUT2D eigenvalue weighted by Crippen LogP contribution is -2.44. The molecule has 0 unspecified atom stereocenters. The van der Waals surface area contributed by atoms with Crippen molar-refractivity contribution in [1.29, 1.82) is 0 Å². The molecule has 1 N–H and O–H groups in total. The largest absolute Gasteiger partial charge is 0.337 e. The van der Waals surface area contributed by atoms with Gasteiger partial charge >= 0.3 is 0 Å². The van der Waals surface area contributed by atoms with Crippen LogP contribution in [0.3, 0.4) is 0 Å².